The third-order valence-electron chi connectivity index (χ3n) is 4.53. The quantitative estimate of drug-likeness (QED) is 0.847. The average molecular weight is 291 g/mol. The molecule has 21 heavy (non-hydrogen) atoms. The molecule has 116 valence electrons. The smallest absolute Gasteiger partial charge is 0.307 e. The summed E-state index contributed by atoms with van der Waals surface area (Å²) in [5.74, 6) is -0.162. The van der Waals surface area contributed by atoms with Crippen LogP contribution < -0.4 is 5.32 Å². The Balaban J connectivity index is 2.08. The van der Waals surface area contributed by atoms with Crippen molar-refractivity contribution in [3.05, 3.63) is 34.9 Å². The molecule has 0 saturated carbocycles. The Morgan fingerprint density at radius 2 is 2.05 bits per heavy atom. The van der Waals surface area contributed by atoms with Gasteiger partial charge in [0.05, 0.1) is 13.5 Å². The van der Waals surface area contributed by atoms with E-state index in [-0.39, 0.29) is 11.5 Å². The monoisotopic (exact) mass is 291 g/mol. The minimum atomic E-state index is -0.207. The molecule has 1 aliphatic heterocycles. The van der Waals surface area contributed by atoms with Crippen LogP contribution in [0.4, 0.5) is 0 Å². The van der Waals surface area contributed by atoms with Crippen LogP contribution in [-0.4, -0.2) is 31.8 Å². The Morgan fingerprint density at radius 3 is 2.71 bits per heavy atom. The van der Waals surface area contributed by atoms with Crippen LogP contribution >= 0.6 is 0 Å². The standard InChI is InChI=1S/C17H25NO3/c1-13-5-4-6-15(14(13)2)12-18-17(11-16(19)20-3)7-9-21-10-8-17/h4-6,18H,7-12H2,1-3H3. The van der Waals surface area contributed by atoms with E-state index in [9.17, 15) is 4.79 Å². The van der Waals surface area contributed by atoms with Crippen molar-refractivity contribution in [2.24, 2.45) is 0 Å². The summed E-state index contributed by atoms with van der Waals surface area (Å²) < 4.78 is 10.3. The van der Waals surface area contributed by atoms with Crippen molar-refractivity contribution in [1.29, 1.82) is 0 Å². The third-order valence-corrected chi connectivity index (χ3v) is 4.53. The topological polar surface area (TPSA) is 47.6 Å². The summed E-state index contributed by atoms with van der Waals surface area (Å²) in [7, 11) is 1.44. The Morgan fingerprint density at radius 1 is 1.33 bits per heavy atom. The van der Waals surface area contributed by atoms with Crippen molar-refractivity contribution in [1.82, 2.24) is 5.32 Å². The largest absolute Gasteiger partial charge is 0.469 e. The lowest BCUT2D eigenvalue weighted by molar-refractivity contribution is -0.143. The molecular weight excluding hydrogens is 266 g/mol. The van der Waals surface area contributed by atoms with Crippen LogP contribution in [0.15, 0.2) is 18.2 Å². The molecule has 0 atom stereocenters. The van der Waals surface area contributed by atoms with E-state index in [2.05, 4.69) is 37.4 Å². The van der Waals surface area contributed by atoms with Gasteiger partial charge < -0.3 is 14.8 Å². The highest BCUT2D eigenvalue weighted by atomic mass is 16.5. The second kappa shape index (κ2) is 7.05. The SMILES string of the molecule is COC(=O)CC1(NCc2cccc(C)c2C)CCOCC1. The molecule has 0 radical (unpaired) electrons. The van der Waals surface area contributed by atoms with Crippen molar-refractivity contribution >= 4 is 5.97 Å². The number of esters is 1. The van der Waals surface area contributed by atoms with E-state index in [1.165, 1.54) is 23.8 Å². The number of hydrogen-bond donors (Lipinski definition) is 1. The summed E-state index contributed by atoms with van der Waals surface area (Å²) in [6.45, 7) is 6.42. The molecule has 0 spiro atoms. The summed E-state index contributed by atoms with van der Waals surface area (Å²) in [6, 6.07) is 6.34. The fraction of sp³-hybridized carbons (Fsp3) is 0.588. The number of aryl methyl sites for hydroxylation is 1. The normalized spacial score (nSPS) is 17.5. The first kappa shape index (κ1) is 16.0. The number of carbonyl (C=O) groups is 1. The van der Waals surface area contributed by atoms with Gasteiger partial charge in [-0.2, -0.15) is 0 Å². The molecule has 0 unspecified atom stereocenters. The summed E-state index contributed by atoms with van der Waals surface area (Å²) in [6.07, 6.45) is 2.08. The number of carbonyl (C=O) groups excluding carboxylic acids is 1. The lowest BCUT2D eigenvalue weighted by Crippen LogP contribution is -2.50. The molecule has 1 heterocycles. The van der Waals surface area contributed by atoms with Gasteiger partial charge in [0.25, 0.3) is 0 Å². The maximum absolute atomic E-state index is 11.7. The van der Waals surface area contributed by atoms with Crippen LogP contribution in [0.3, 0.4) is 0 Å². The van der Waals surface area contributed by atoms with E-state index >= 15 is 0 Å². The molecule has 0 bridgehead atoms. The first-order chi connectivity index (χ1) is 10.1. The summed E-state index contributed by atoms with van der Waals surface area (Å²) >= 11 is 0. The summed E-state index contributed by atoms with van der Waals surface area (Å²) in [5.41, 5.74) is 3.68. The fourth-order valence-electron chi connectivity index (χ4n) is 2.81. The third kappa shape index (κ3) is 4.05. The van der Waals surface area contributed by atoms with Crippen LogP contribution in [0.5, 0.6) is 0 Å². The molecule has 1 saturated heterocycles. The van der Waals surface area contributed by atoms with Gasteiger partial charge in [0.1, 0.15) is 0 Å². The van der Waals surface area contributed by atoms with Crippen molar-refractivity contribution in [3.8, 4) is 0 Å². The van der Waals surface area contributed by atoms with E-state index in [0.717, 1.165) is 19.4 Å². The van der Waals surface area contributed by atoms with Crippen LogP contribution in [-0.2, 0) is 20.8 Å². The molecule has 4 heteroatoms. The van der Waals surface area contributed by atoms with E-state index in [4.69, 9.17) is 9.47 Å². The fourth-order valence-corrected chi connectivity index (χ4v) is 2.81. The molecule has 1 aromatic rings. The van der Waals surface area contributed by atoms with Crippen LogP contribution in [0.25, 0.3) is 0 Å². The van der Waals surface area contributed by atoms with Crippen molar-refractivity contribution < 1.29 is 14.3 Å². The zero-order valence-electron chi connectivity index (χ0n) is 13.2. The van der Waals surface area contributed by atoms with Crippen molar-refractivity contribution in [2.45, 2.75) is 45.2 Å². The number of benzene rings is 1. The molecule has 1 fully saturated rings. The second-order valence-electron chi connectivity index (χ2n) is 5.86. The van der Waals surface area contributed by atoms with Gasteiger partial charge in [-0.25, -0.2) is 0 Å². The second-order valence-corrected chi connectivity index (χ2v) is 5.86. The van der Waals surface area contributed by atoms with Gasteiger partial charge in [-0.05, 0) is 43.4 Å². The molecule has 0 amide bonds. The predicted molar refractivity (Wildman–Crippen MR) is 82.2 cm³/mol. The first-order valence-corrected chi connectivity index (χ1v) is 7.51. The molecule has 0 aromatic heterocycles. The lowest BCUT2D eigenvalue weighted by Gasteiger charge is -2.37. The van der Waals surface area contributed by atoms with E-state index in [1.54, 1.807) is 0 Å². The zero-order chi connectivity index (χ0) is 15.3. The maximum atomic E-state index is 11.7. The first-order valence-electron chi connectivity index (χ1n) is 7.51. The molecule has 1 aromatic carbocycles. The molecular formula is C17H25NO3. The van der Waals surface area contributed by atoms with Crippen LogP contribution in [0.2, 0.25) is 0 Å². The minimum Gasteiger partial charge on any atom is -0.469 e. The van der Waals surface area contributed by atoms with E-state index in [1.807, 2.05) is 0 Å². The van der Waals surface area contributed by atoms with Crippen molar-refractivity contribution in [2.75, 3.05) is 20.3 Å². The van der Waals surface area contributed by atoms with Gasteiger partial charge in [-0.1, -0.05) is 18.2 Å². The lowest BCUT2D eigenvalue weighted by atomic mass is 9.86. The minimum absolute atomic E-state index is 0.162. The zero-order valence-corrected chi connectivity index (χ0v) is 13.2. The van der Waals surface area contributed by atoms with Crippen LogP contribution in [0, 0.1) is 13.8 Å². The molecule has 2 rings (SSSR count). The average Bonchev–Trinajstić information content (AvgIpc) is 2.49. The Kier molecular flexibility index (Phi) is 5.37. The number of methoxy groups -OCH3 is 1. The van der Waals surface area contributed by atoms with E-state index in [0.29, 0.717) is 19.6 Å². The molecule has 1 aliphatic rings. The van der Waals surface area contributed by atoms with Gasteiger partial charge in [-0.15, -0.1) is 0 Å². The van der Waals surface area contributed by atoms with Gasteiger partial charge in [-0.3, -0.25) is 4.79 Å². The highest BCUT2D eigenvalue weighted by Gasteiger charge is 2.34. The van der Waals surface area contributed by atoms with Gasteiger partial charge in [0, 0.05) is 25.3 Å². The van der Waals surface area contributed by atoms with E-state index < -0.39 is 0 Å². The number of nitrogens with one attached hydrogen (secondary N) is 1. The Bertz CT molecular complexity index is 493. The van der Waals surface area contributed by atoms with Gasteiger partial charge in [0.2, 0.25) is 0 Å². The number of ether oxygens (including phenoxy) is 2. The van der Waals surface area contributed by atoms with Gasteiger partial charge in [0.15, 0.2) is 0 Å². The predicted octanol–water partition coefficient (Wildman–Crippen LogP) is 2.51. The summed E-state index contributed by atoms with van der Waals surface area (Å²) in [5, 5.41) is 3.60. The Labute approximate surface area is 126 Å². The molecule has 4 nitrogen and oxygen atoms in total. The summed E-state index contributed by atoms with van der Waals surface area (Å²) in [4.78, 5) is 11.7. The number of rotatable bonds is 5. The molecule has 0 aliphatic carbocycles. The highest BCUT2D eigenvalue weighted by Crippen LogP contribution is 2.26. The molecule has 1 N–H and O–H groups in total. The number of hydrogen-bond acceptors (Lipinski definition) is 4. The maximum Gasteiger partial charge on any atom is 0.307 e. The highest BCUT2D eigenvalue weighted by molar-refractivity contribution is 5.70. The van der Waals surface area contributed by atoms with Crippen molar-refractivity contribution in [3.63, 3.8) is 0 Å². The van der Waals surface area contributed by atoms with Gasteiger partial charge >= 0.3 is 5.97 Å². The Hall–Kier alpha value is -1.39. The van der Waals surface area contributed by atoms with Crippen LogP contribution in [0.1, 0.15) is 36.0 Å².